The topological polar surface area (TPSA) is 75.6 Å². The third-order valence-electron chi connectivity index (χ3n) is 4.54. The van der Waals surface area contributed by atoms with Gasteiger partial charge in [-0.15, -0.1) is 0 Å². The van der Waals surface area contributed by atoms with E-state index in [-0.39, 0.29) is 12.5 Å². The summed E-state index contributed by atoms with van der Waals surface area (Å²) in [5, 5.41) is 11.6. The van der Waals surface area contributed by atoms with Crippen LogP contribution in [0.3, 0.4) is 0 Å². The van der Waals surface area contributed by atoms with Crippen LogP contribution in [0.2, 0.25) is 0 Å². The zero-order valence-corrected chi connectivity index (χ0v) is 12.4. The number of carbonyl (C=O) groups is 2. The quantitative estimate of drug-likeness (QED) is 0.865. The van der Waals surface area contributed by atoms with Crippen LogP contribution >= 0.6 is 0 Å². The highest BCUT2D eigenvalue weighted by molar-refractivity contribution is 5.82. The average Bonchev–Trinajstić information content (AvgIpc) is 3.10. The van der Waals surface area contributed by atoms with Crippen molar-refractivity contribution in [1.29, 1.82) is 0 Å². The maximum absolute atomic E-state index is 13.9. The highest BCUT2D eigenvalue weighted by atomic mass is 19.1. The Morgan fingerprint density at radius 3 is 2.52 bits per heavy atom. The molecule has 0 unspecified atom stereocenters. The van der Waals surface area contributed by atoms with Gasteiger partial charge in [-0.05, 0) is 37.3 Å². The van der Waals surface area contributed by atoms with Gasteiger partial charge < -0.3 is 15.2 Å². The van der Waals surface area contributed by atoms with Crippen LogP contribution in [0, 0.1) is 11.6 Å². The predicted octanol–water partition coefficient (Wildman–Crippen LogP) is 1.74. The van der Waals surface area contributed by atoms with Crippen molar-refractivity contribution in [2.24, 2.45) is 0 Å². The minimum absolute atomic E-state index is 0.228. The molecule has 2 aliphatic rings. The molecule has 1 aromatic carbocycles. The molecule has 0 aromatic heterocycles. The lowest BCUT2D eigenvalue weighted by Gasteiger charge is -2.19. The zero-order chi connectivity index (χ0) is 16.6. The lowest BCUT2D eigenvalue weighted by Crippen LogP contribution is -2.39. The molecule has 5 nitrogen and oxygen atoms in total. The van der Waals surface area contributed by atoms with Crippen molar-refractivity contribution in [2.45, 2.75) is 43.3 Å². The smallest absolute Gasteiger partial charge is 0.332 e. The molecule has 1 saturated heterocycles. The second-order valence-corrected chi connectivity index (χ2v) is 6.15. The van der Waals surface area contributed by atoms with E-state index in [1.807, 2.05) is 0 Å². The van der Waals surface area contributed by atoms with E-state index in [1.165, 1.54) is 12.1 Å². The maximum atomic E-state index is 13.9. The Bertz CT molecular complexity index is 645. The summed E-state index contributed by atoms with van der Waals surface area (Å²) in [4.78, 5) is 22.9. The SMILES string of the molecule is O=C(NCC1(c2ccc(F)cc2F)CC1)[C@@H]1CC[C@H](C(=O)O)O1. The molecule has 124 valence electrons. The number of rotatable bonds is 5. The Balaban J connectivity index is 1.60. The first-order valence-electron chi connectivity index (χ1n) is 7.53. The second kappa shape index (κ2) is 5.88. The molecule has 23 heavy (non-hydrogen) atoms. The molecule has 0 spiro atoms. The Labute approximate surface area is 131 Å². The number of hydrogen-bond donors (Lipinski definition) is 2. The van der Waals surface area contributed by atoms with Gasteiger partial charge in [-0.1, -0.05) is 6.07 Å². The average molecular weight is 325 g/mol. The molecule has 1 aliphatic heterocycles. The summed E-state index contributed by atoms with van der Waals surface area (Å²) in [6, 6.07) is 3.46. The Kier molecular flexibility index (Phi) is 4.06. The number of amides is 1. The minimum atomic E-state index is -1.08. The molecule has 1 amide bonds. The summed E-state index contributed by atoms with van der Waals surface area (Å²) in [6.07, 6.45) is 0.324. The highest BCUT2D eigenvalue weighted by Crippen LogP contribution is 2.48. The third kappa shape index (κ3) is 3.19. The lowest BCUT2D eigenvalue weighted by atomic mass is 9.95. The fourth-order valence-corrected chi connectivity index (χ4v) is 2.99. The van der Waals surface area contributed by atoms with Crippen LogP contribution < -0.4 is 5.32 Å². The van der Waals surface area contributed by atoms with Crippen LogP contribution in [0.4, 0.5) is 8.78 Å². The molecule has 1 saturated carbocycles. The molecule has 0 bridgehead atoms. The van der Waals surface area contributed by atoms with Gasteiger partial charge in [-0.2, -0.15) is 0 Å². The van der Waals surface area contributed by atoms with Gasteiger partial charge in [-0.25, -0.2) is 13.6 Å². The van der Waals surface area contributed by atoms with Crippen LogP contribution in [0.15, 0.2) is 18.2 Å². The Morgan fingerprint density at radius 2 is 1.96 bits per heavy atom. The Hall–Kier alpha value is -2.02. The molecule has 2 N–H and O–H groups in total. The van der Waals surface area contributed by atoms with E-state index < -0.39 is 35.2 Å². The van der Waals surface area contributed by atoms with E-state index in [4.69, 9.17) is 9.84 Å². The van der Waals surface area contributed by atoms with Gasteiger partial charge >= 0.3 is 5.97 Å². The molecule has 1 heterocycles. The van der Waals surface area contributed by atoms with Crippen molar-refractivity contribution in [3.63, 3.8) is 0 Å². The molecular weight excluding hydrogens is 308 g/mol. The summed E-state index contributed by atoms with van der Waals surface area (Å²) in [6.45, 7) is 0.228. The first-order chi connectivity index (χ1) is 10.9. The number of halogens is 2. The number of carbonyl (C=O) groups excluding carboxylic acids is 1. The van der Waals surface area contributed by atoms with E-state index in [0.29, 0.717) is 31.2 Å². The monoisotopic (exact) mass is 325 g/mol. The van der Waals surface area contributed by atoms with Crippen molar-refractivity contribution < 1.29 is 28.2 Å². The number of nitrogens with one attached hydrogen (secondary N) is 1. The molecule has 2 fully saturated rings. The first kappa shape index (κ1) is 15.9. The van der Waals surface area contributed by atoms with Crippen LogP contribution in [0.5, 0.6) is 0 Å². The predicted molar refractivity (Wildman–Crippen MR) is 75.8 cm³/mol. The van der Waals surface area contributed by atoms with Crippen molar-refractivity contribution in [3.8, 4) is 0 Å². The maximum Gasteiger partial charge on any atom is 0.332 e. The number of hydrogen-bond acceptors (Lipinski definition) is 3. The highest BCUT2D eigenvalue weighted by Gasteiger charge is 2.46. The number of benzene rings is 1. The van der Waals surface area contributed by atoms with E-state index in [2.05, 4.69) is 5.32 Å². The lowest BCUT2D eigenvalue weighted by molar-refractivity contribution is -0.151. The summed E-state index contributed by atoms with van der Waals surface area (Å²) < 4.78 is 32.1. The van der Waals surface area contributed by atoms with Crippen LogP contribution in [-0.4, -0.2) is 35.7 Å². The van der Waals surface area contributed by atoms with Crippen LogP contribution in [-0.2, 0) is 19.7 Å². The molecule has 3 rings (SSSR count). The Morgan fingerprint density at radius 1 is 1.26 bits per heavy atom. The van der Waals surface area contributed by atoms with Gasteiger partial charge in [-0.3, -0.25) is 4.79 Å². The van der Waals surface area contributed by atoms with Crippen molar-refractivity contribution in [2.75, 3.05) is 6.54 Å². The summed E-state index contributed by atoms with van der Waals surface area (Å²) in [5.41, 5.74) is -0.104. The molecular formula is C16H17F2NO4. The van der Waals surface area contributed by atoms with Crippen molar-refractivity contribution in [1.82, 2.24) is 5.32 Å². The van der Waals surface area contributed by atoms with Gasteiger partial charge in [0.05, 0.1) is 0 Å². The van der Waals surface area contributed by atoms with Gasteiger partial charge in [0, 0.05) is 18.0 Å². The minimum Gasteiger partial charge on any atom is -0.479 e. The van der Waals surface area contributed by atoms with Crippen LogP contribution in [0.25, 0.3) is 0 Å². The van der Waals surface area contributed by atoms with E-state index >= 15 is 0 Å². The second-order valence-electron chi connectivity index (χ2n) is 6.15. The standard InChI is InChI=1S/C16H17F2NO4/c17-9-1-2-10(11(18)7-9)16(5-6-16)8-19-14(20)12-3-4-13(23-12)15(21)22/h1-2,7,12-13H,3-6,8H2,(H,19,20)(H,21,22)/t12-,13+/m0/s1. The third-order valence-corrected chi connectivity index (χ3v) is 4.54. The molecule has 1 aliphatic carbocycles. The summed E-state index contributed by atoms with van der Waals surface area (Å²) in [7, 11) is 0. The summed E-state index contributed by atoms with van der Waals surface area (Å²) >= 11 is 0. The van der Waals surface area contributed by atoms with Gasteiger partial charge in [0.2, 0.25) is 5.91 Å². The van der Waals surface area contributed by atoms with Crippen molar-refractivity contribution in [3.05, 3.63) is 35.4 Å². The number of carboxylic acid groups (broad SMARTS) is 1. The largest absolute Gasteiger partial charge is 0.479 e. The van der Waals surface area contributed by atoms with E-state index in [0.717, 1.165) is 6.07 Å². The normalized spacial score (nSPS) is 25.1. The zero-order valence-electron chi connectivity index (χ0n) is 12.4. The first-order valence-corrected chi connectivity index (χ1v) is 7.53. The molecule has 7 heteroatoms. The fraction of sp³-hybridized carbons (Fsp3) is 0.500. The van der Waals surface area contributed by atoms with Gasteiger partial charge in [0.1, 0.15) is 17.7 Å². The van der Waals surface area contributed by atoms with Gasteiger partial charge in [0.25, 0.3) is 0 Å². The number of carboxylic acids is 1. The molecule has 2 atom stereocenters. The number of ether oxygens (including phenoxy) is 1. The van der Waals surface area contributed by atoms with Crippen molar-refractivity contribution >= 4 is 11.9 Å². The summed E-state index contributed by atoms with van der Waals surface area (Å²) in [5.74, 6) is -2.71. The van der Waals surface area contributed by atoms with Gasteiger partial charge in [0.15, 0.2) is 6.10 Å². The molecule has 0 radical (unpaired) electrons. The molecule has 1 aromatic rings. The van der Waals surface area contributed by atoms with Crippen LogP contribution in [0.1, 0.15) is 31.2 Å². The fourth-order valence-electron chi connectivity index (χ4n) is 2.99. The number of aliphatic carboxylic acids is 1. The van der Waals surface area contributed by atoms with E-state index in [1.54, 1.807) is 0 Å². The van der Waals surface area contributed by atoms with E-state index in [9.17, 15) is 18.4 Å².